The number of rotatable bonds is 3. The second-order valence-corrected chi connectivity index (χ2v) is 4.53. The molecular formula is C16H14FNO2. The summed E-state index contributed by atoms with van der Waals surface area (Å²) in [7, 11) is 0. The van der Waals surface area contributed by atoms with Gasteiger partial charge in [0.25, 0.3) is 0 Å². The van der Waals surface area contributed by atoms with Gasteiger partial charge in [0.15, 0.2) is 11.6 Å². The van der Waals surface area contributed by atoms with E-state index < -0.39 is 11.9 Å². The lowest BCUT2D eigenvalue weighted by atomic mass is 10.1. The molecule has 4 heteroatoms. The SMILES string of the molecule is Cc1cccc(Oc2cc(C#N)ccc2[C@H](C)O)c1F. The molecule has 0 aliphatic rings. The Hall–Kier alpha value is -2.38. The van der Waals surface area contributed by atoms with Crippen molar-refractivity contribution in [1.82, 2.24) is 0 Å². The van der Waals surface area contributed by atoms with Gasteiger partial charge in [-0.25, -0.2) is 4.39 Å². The average Bonchev–Trinajstić information content (AvgIpc) is 2.43. The highest BCUT2D eigenvalue weighted by Crippen LogP contribution is 2.32. The van der Waals surface area contributed by atoms with Crippen molar-refractivity contribution in [2.75, 3.05) is 0 Å². The Kier molecular flexibility index (Phi) is 4.02. The molecule has 102 valence electrons. The molecule has 20 heavy (non-hydrogen) atoms. The van der Waals surface area contributed by atoms with Crippen LogP contribution in [-0.4, -0.2) is 5.11 Å². The van der Waals surface area contributed by atoms with Crippen molar-refractivity contribution in [3.05, 3.63) is 58.9 Å². The second-order valence-electron chi connectivity index (χ2n) is 4.53. The van der Waals surface area contributed by atoms with Crippen molar-refractivity contribution >= 4 is 0 Å². The van der Waals surface area contributed by atoms with E-state index in [1.54, 1.807) is 38.1 Å². The van der Waals surface area contributed by atoms with Crippen LogP contribution in [0, 0.1) is 24.1 Å². The van der Waals surface area contributed by atoms with Crippen LogP contribution in [0.4, 0.5) is 4.39 Å². The van der Waals surface area contributed by atoms with Crippen LogP contribution in [0.1, 0.15) is 29.7 Å². The number of aliphatic hydroxyl groups is 1. The van der Waals surface area contributed by atoms with Crippen molar-refractivity contribution in [3.8, 4) is 17.6 Å². The lowest BCUT2D eigenvalue weighted by Crippen LogP contribution is -1.98. The number of ether oxygens (including phenoxy) is 1. The second kappa shape index (κ2) is 5.72. The first-order valence-corrected chi connectivity index (χ1v) is 6.18. The monoisotopic (exact) mass is 271 g/mol. The van der Waals surface area contributed by atoms with Gasteiger partial charge in [-0.15, -0.1) is 0 Å². The molecule has 0 aliphatic carbocycles. The van der Waals surface area contributed by atoms with Crippen LogP contribution in [0.2, 0.25) is 0 Å². The summed E-state index contributed by atoms with van der Waals surface area (Å²) >= 11 is 0. The quantitative estimate of drug-likeness (QED) is 0.922. The highest BCUT2D eigenvalue weighted by molar-refractivity contribution is 5.46. The molecule has 0 aliphatic heterocycles. The van der Waals surface area contributed by atoms with Crippen LogP contribution in [0.3, 0.4) is 0 Å². The molecule has 0 heterocycles. The maximum atomic E-state index is 14.0. The Labute approximate surface area is 116 Å². The topological polar surface area (TPSA) is 53.2 Å². The van der Waals surface area contributed by atoms with Gasteiger partial charge in [0.1, 0.15) is 5.75 Å². The third-order valence-electron chi connectivity index (χ3n) is 2.97. The zero-order valence-electron chi connectivity index (χ0n) is 11.2. The molecule has 1 atom stereocenters. The zero-order valence-corrected chi connectivity index (χ0v) is 11.2. The van der Waals surface area contributed by atoms with Crippen LogP contribution < -0.4 is 4.74 Å². The molecule has 0 fully saturated rings. The maximum Gasteiger partial charge on any atom is 0.168 e. The first kappa shape index (κ1) is 14.0. The molecule has 2 aromatic rings. The molecule has 0 saturated carbocycles. The van der Waals surface area contributed by atoms with E-state index in [9.17, 15) is 9.50 Å². The minimum absolute atomic E-state index is 0.0713. The van der Waals surface area contributed by atoms with Gasteiger partial charge in [-0.3, -0.25) is 0 Å². The van der Waals surface area contributed by atoms with E-state index in [1.807, 2.05) is 6.07 Å². The highest BCUT2D eigenvalue weighted by Gasteiger charge is 2.14. The normalized spacial score (nSPS) is 11.8. The molecular weight excluding hydrogens is 257 g/mol. The fraction of sp³-hybridized carbons (Fsp3) is 0.188. The van der Waals surface area contributed by atoms with E-state index >= 15 is 0 Å². The van der Waals surface area contributed by atoms with E-state index in [4.69, 9.17) is 10.00 Å². The molecule has 0 bridgehead atoms. The van der Waals surface area contributed by atoms with Gasteiger partial charge in [-0.1, -0.05) is 18.2 Å². The van der Waals surface area contributed by atoms with Gasteiger partial charge in [0.05, 0.1) is 17.7 Å². The highest BCUT2D eigenvalue weighted by atomic mass is 19.1. The van der Waals surface area contributed by atoms with Crippen molar-refractivity contribution < 1.29 is 14.2 Å². The first-order valence-electron chi connectivity index (χ1n) is 6.18. The maximum absolute atomic E-state index is 14.0. The zero-order chi connectivity index (χ0) is 14.7. The van der Waals surface area contributed by atoms with Gasteiger partial charge in [0.2, 0.25) is 0 Å². The van der Waals surface area contributed by atoms with Gasteiger partial charge in [-0.2, -0.15) is 5.26 Å². The van der Waals surface area contributed by atoms with Crippen molar-refractivity contribution in [2.24, 2.45) is 0 Å². The number of aryl methyl sites for hydroxylation is 1. The van der Waals surface area contributed by atoms with Gasteiger partial charge in [0, 0.05) is 5.56 Å². The molecule has 0 saturated heterocycles. The molecule has 0 spiro atoms. The van der Waals surface area contributed by atoms with Crippen LogP contribution in [0.25, 0.3) is 0 Å². The minimum Gasteiger partial charge on any atom is -0.454 e. The lowest BCUT2D eigenvalue weighted by Gasteiger charge is -2.14. The van der Waals surface area contributed by atoms with Crippen LogP contribution >= 0.6 is 0 Å². The lowest BCUT2D eigenvalue weighted by molar-refractivity contribution is 0.195. The molecule has 0 unspecified atom stereocenters. The summed E-state index contributed by atoms with van der Waals surface area (Å²) < 4.78 is 19.5. The smallest absolute Gasteiger partial charge is 0.168 e. The van der Waals surface area contributed by atoms with Crippen molar-refractivity contribution in [2.45, 2.75) is 20.0 Å². The fourth-order valence-corrected chi connectivity index (χ4v) is 1.86. The molecule has 0 radical (unpaired) electrons. The number of aliphatic hydroxyl groups excluding tert-OH is 1. The number of hydrogen-bond acceptors (Lipinski definition) is 3. The predicted molar refractivity (Wildman–Crippen MR) is 73.0 cm³/mol. The van der Waals surface area contributed by atoms with Crippen LogP contribution in [0.15, 0.2) is 36.4 Å². The summed E-state index contributed by atoms with van der Waals surface area (Å²) in [5, 5.41) is 18.6. The summed E-state index contributed by atoms with van der Waals surface area (Å²) in [5.74, 6) is -0.100. The molecule has 0 amide bonds. The number of nitriles is 1. The Morgan fingerprint density at radius 2 is 2.00 bits per heavy atom. The molecule has 3 nitrogen and oxygen atoms in total. The molecule has 0 aromatic heterocycles. The van der Waals surface area contributed by atoms with Gasteiger partial charge < -0.3 is 9.84 Å². The summed E-state index contributed by atoms with van der Waals surface area (Å²) in [4.78, 5) is 0. The summed E-state index contributed by atoms with van der Waals surface area (Å²) in [6.07, 6.45) is -0.773. The Bertz CT molecular complexity index is 675. The van der Waals surface area contributed by atoms with E-state index in [2.05, 4.69) is 0 Å². The van der Waals surface area contributed by atoms with Crippen LogP contribution in [0.5, 0.6) is 11.5 Å². The number of nitrogens with zero attached hydrogens (tertiary/aromatic N) is 1. The molecule has 2 rings (SSSR count). The van der Waals surface area contributed by atoms with Crippen LogP contribution in [-0.2, 0) is 0 Å². The van der Waals surface area contributed by atoms with E-state index in [1.165, 1.54) is 12.1 Å². The minimum atomic E-state index is -0.773. The summed E-state index contributed by atoms with van der Waals surface area (Å²) in [6, 6.07) is 11.5. The number of benzene rings is 2. The Morgan fingerprint density at radius 1 is 1.25 bits per heavy atom. The van der Waals surface area contributed by atoms with Crippen molar-refractivity contribution in [1.29, 1.82) is 5.26 Å². The van der Waals surface area contributed by atoms with Gasteiger partial charge in [-0.05, 0) is 37.6 Å². The molecule has 2 aromatic carbocycles. The average molecular weight is 271 g/mol. The fourth-order valence-electron chi connectivity index (χ4n) is 1.86. The number of hydrogen-bond donors (Lipinski definition) is 1. The third kappa shape index (κ3) is 2.79. The van der Waals surface area contributed by atoms with E-state index in [-0.39, 0.29) is 11.5 Å². The van der Waals surface area contributed by atoms with Crippen molar-refractivity contribution in [3.63, 3.8) is 0 Å². The summed E-state index contributed by atoms with van der Waals surface area (Å²) in [5.41, 5.74) is 1.36. The summed E-state index contributed by atoms with van der Waals surface area (Å²) in [6.45, 7) is 3.23. The molecule has 1 N–H and O–H groups in total. The standard InChI is InChI=1S/C16H14FNO2/c1-10-4-3-5-14(16(10)17)20-15-8-12(9-18)6-7-13(15)11(2)19/h3-8,11,19H,1-2H3/t11-/m0/s1. The Balaban J connectivity index is 2.46. The van der Waals surface area contributed by atoms with Gasteiger partial charge >= 0.3 is 0 Å². The van der Waals surface area contributed by atoms with E-state index in [0.29, 0.717) is 16.7 Å². The number of halogens is 1. The predicted octanol–water partition coefficient (Wildman–Crippen LogP) is 3.85. The van der Waals surface area contributed by atoms with E-state index in [0.717, 1.165) is 0 Å². The third-order valence-corrected chi connectivity index (χ3v) is 2.97. The largest absolute Gasteiger partial charge is 0.454 e. The Morgan fingerprint density at radius 3 is 2.65 bits per heavy atom. The first-order chi connectivity index (χ1) is 9.52.